The van der Waals surface area contributed by atoms with Crippen molar-refractivity contribution >= 4 is 39.7 Å². The first kappa shape index (κ1) is 21.6. The van der Waals surface area contributed by atoms with Gasteiger partial charge in [-0.1, -0.05) is 6.92 Å². The second kappa shape index (κ2) is 9.01. The van der Waals surface area contributed by atoms with Crippen LogP contribution in [0.3, 0.4) is 0 Å². The van der Waals surface area contributed by atoms with E-state index in [0.717, 1.165) is 43.6 Å². The Labute approximate surface area is 166 Å². The van der Waals surface area contributed by atoms with Crippen molar-refractivity contribution < 1.29 is 13.2 Å². The highest BCUT2D eigenvalue weighted by Gasteiger charge is 2.30. The van der Waals surface area contributed by atoms with Gasteiger partial charge in [-0.05, 0) is 57.2 Å². The van der Waals surface area contributed by atoms with Crippen molar-refractivity contribution in [3.63, 3.8) is 0 Å². The number of halogens is 1. The van der Waals surface area contributed by atoms with E-state index in [-0.39, 0.29) is 28.6 Å². The zero-order valence-corrected chi connectivity index (χ0v) is 17.7. The molecule has 2 aliphatic rings. The van der Waals surface area contributed by atoms with Gasteiger partial charge in [0.15, 0.2) is 0 Å². The summed E-state index contributed by atoms with van der Waals surface area (Å²) in [7, 11) is -3.48. The number of carbonyl (C=O) groups is 1. The Morgan fingerprint density at radius 2 is 1.92 bits per heavy atom. The van der Waals surface area contributed by atoms with E-state index in [0.29, 0.717) is 29.9 Å². The van der Waals surface area contributed by atoms with E-state index in [1.165, 1.54) is 0 Å². The number of piperidine rings is 2. The first-order valence-electron chi connectivity index (χ1n) is 9.00. The SMILES string of the molecule is CC1CCN(S(=O)(=O)c2ccc(C(=O)NC3CCNC(C)C3)s2)CC1.Cl. The molecule has 0 bridgehead atoms. The normalized spacial score (nSPS) is 25.5. The van der Waals surface area contributed by atoms with Crippen LogP contribution < -0.4 is 10.6 Å². The van der Waals surface area contributed by atoms with E-state index >= 15 is 0 Å². The summed E-state index contributed by atoms with van der Waals surface area (Å²) in [6.45, 7) is 6.28. The highest BCUT2D eigenvalue weighted by molar-refractivity contribution is 7.91. The fourth-order valence-corrected chi connectivity index (χ4v) is 6.29. The molecule has 0 radical (unpaired) electrons. The van der Waals surface area contributed by atoms with Crippen LogP contribution in [0.5, 0.6) is 0 Å². The van der Waals surface area contributed by atoms with Crippen LogP contribution in [0.4, 0.5) is 0 Å². The predicted octanol–water partition coefficient (Wildman–Crippen LogP) is 2.46. The molecular formula is C17H28ClN3O3S2. The smallest absolute Gasteiger partial charge is 0.261 e. The van der Waals surface area contributed by atoms with E-state index in [1.807, 2.05) is 0 Å². The monoisotopic (exact) mass is 421 g/mol. The average molecular weight is 422 g/mol. The molecular weight excluding hydrogens is 394 g/mol. The van der Waals surface area contributed by atoms with Gasteiger partial charge in [0.05, 0.1) is 4.88 Å². The van der Waals surface area contributed by atoms with Gasteiger partial charge in [-0.2, -0.15) is 4.31 Å². The molecule has 3 heterocycles. The Hall–Kier alpha value is -0.670. The molecule has 6 nitrogen and oxygen atoms in total. The summed E-state index contributed by atoms with van der Waals surface area (Å²) in [6.07, 6.45) is 3.59. The number of sulfonamides is 1. The Balaban J connectivity index is 0.00000243. The molecule has 2 fully saturated rings. The molecule has 2 saturated heterocycles. The van der Waals surface area contributed by atoms with Crippen LogP contribution >= 0.6 is 23.7 Å². The number of nitrogens with one attached hydrogen (secondary N) is 2. The fraction of sp³-hybridized carbons (Fsp3) is 0.706. The highest BCUT2D eigenvalue weighted by Crippen LogP contribution is 2.28. The second-order valence-corrected chi connectivity index (χ2v) is 10.5. The van der Waals surface area contributed by atoms with E-state index in [2.05, 4.69) is 24.5 Å². The zero-order valence-electron chi connectivity index (χ0n) is 15.2. The van der Waals surface area contributed by atoms with Gasteiger partial charge in [-0.3, -0.25) is 4.79 Å². The predicted molar refractivity (Wildman–Crippen MR) is 107 cm³/mol. The third-order valence-electron chi connectivity index (χ3n) is 5.10. The van der Waals surface area contributed by atoms with Crippen LogP contribution in [0.15, 0.2) is 16.3 Å². The molecule has 0 aromatic carbocycles. The lowest BCUT2D eigenvalue weighted by Crippen LogP contribution is -2.46. The molecule has 1 aromatic heterocycles. The largest absolute Gasteiger partial charge is 0.349 e. The van der Waals surface area contributed by atoms with E-state index in [1.54, 1.807) is 16.4 Å². The van der Waals surface area contributed by atoms with Gasteiger partial charge in [-0.25, -0.2) is 8.42 Å². The molecule has 0 spiro atoms. The van der Waals surface area contributed by atoms with Crippen LogP contribution in [0, 0.1) is 5.92 Å². The summed E-state index contributed by atoms with van der Waals surface area (Å²) >= 11 is 1.07. The summed E-state index contributed by atoms with van der Waals surface area (Å²) in [4.78, 5) is 12.9. The van der Waals surface area contributed by atoms with Gasteiger partial charge in [0, 0.05) is 25.2 Å². The molecule has 9 heteroatoms. The third kappa shape index (κ3) is 4.98. The van der Waals surface area contributed by atoms with Crippen LogP contribution in [0.25, 0.3) is 0 Å². The number of rotatable bonds is 4. The van der Waals surface area contributed by atoms with Gasteiger partial charge < -0.3 is 10.6 Å². The number of amides is 1. The van der Waals surface area contributed by atoms with Crippen molar-refractivity contribution in [1.29, 1.82) is 0 Å². The topological polar surface area (TPSA) is 78.5 Å². The fourth-order valence-electron chi connectivity index (χ4n) is 3.45. The molecule has 2 N–H and O–H groups in total. The van der Waals surface area contributed by atoms with Crippen LogP contribution in [0.2, 0.25) is 0 Å². The van der Waals surface area contributed by atoms with Gasteiger partial charge in [0.25, 0.3) is 15.9 Å². The van der Waals surface area contributed by atoms with Crippen LogP contribution in [-0.2, 0) is 10.0 Å². The maximum atomic E-state index is 12.8. The third-order valence-corrected chi connectivity index (χ3v) is 8.55. The molecule has 1 aromatic rings. The second-order valence-electron chi connectivity index (χ2n) is 7.26. The Kier molecular flexibility index (Phi) is 7.50. The number of hydrogen-bond donors (Lipinski definition) is 2. The Morgan fingerprint density at radius 1 is 1.23 bits per heavy atom. The van der Waals surface area contributed by atoms with Gasteiger partial charge >= 0.3 is 0 Å². The minimum absolute atomic E-state index is 0. The van der Waals surface area contributed by atoms with E-state index in [4.69, 9.17) is 0 Å². The first-order valence-corrected chi connectivity index (χ1v) is 11.3. The Bertz CT molecular complexity index is 715. The minimum Gasteiger partial charge on any atom is -0.349 e. The van der Waals surface area contributed by atoms with Gasteiger partial charge in [0.1, 0.15) is 4.21 Å². The standard InChI is InChI=1S/C17H27N3O3S2.ClH/c1-12-6-9-20(10-7-12)25(22,23)16-4-3-15(24-16)17(21)19-14-5-8-18-13(2)11-14;/h3-4,12-14,18H,5-11H2,1-2H3,(H,19,21);1H. The van der Waals surface area contributed by atoms with Crippen LogP contribution in [0.1, 0.15) is 49.2 Å². The van der Waals surface area contributed by atoms with Crippen LogP contribution in [-0.4, -0.2) is 50.3 Å². The molecule has 0 aliphatic carbocycles. The van der Waals surface area contributed by atoms with Crippen molar-refractivity contribution in [2.45, 2.75) is 55.8 Å². The lowest BCUT2D eigenvalue weighted by atomic mass is 10.0. The number of carbonyl (C=O) groups excluding carboxylic acids is 1. The summed E-state index contributed by atoms with van der Waals surface area (Å²) in [6, 6.07) is 3.73. The van der Waals surface area contributed by atoms with Gasteiger partial charge in [-0.15, -0.1) is 23.7 Å². The summed E-state index contributed by atoms with van der Waals surface area (Å²) in [5, 5.41) is 6.39. The molecule has 1 amide bonds. The molecule has 3 rings (SSSR count). The lowest BCUT2D eigenvalue weighted by Gasteiger charge is -2.29. The van der Waals surface area contributed by atoms with Crippen molar-refractivity contribution in [3.05, 3.63) is 17.0 Å². The summed E-state index contributed by atoms with van der Waals surface area (Å²) in [5.41, 5.74) is 0. The molecule has 2 unspecified atom stereocenters. The number of hydrogen-bond acceptors (Lipinski definition) is 5. The maximum absolute atomic E-state index is 12.8. The molecule has 148 valence electrons. The van der Waals surface area contributed by atoms with Crippen molar-refractivity contribution in [3.8, 4) is 0 Å². The maximum Gasteiger partial charge on any atom is 0.261 e. The minimum atomic E-state index is -3.48. The molecule has 2 aliphatic heterocycles. The number of thiophene rings is 1. The molecule has 0 saturated carbocycles. The van der Waals surface area contributed by atoms with E-state index < -0.39 is 10.0 Å². The zero-order chi connectivity index (χ0) is 18.0. The van der Waals surface area contributed by atoms with E-state index in [9.17, 15) is 13.2 Å². The van der Waals surface area contributed by atoms with Gasteiger partial charge in [0.2, 0.25) is 0 Å². The summed E-state index contributed by atoms with van der Waals surface area (Å²) < 4.78 is 27.3. The van der Waals surface area contributed by atoms with Crippen molar-refractivity contribution in [2.24, 2.45) is 5.92 Å². The highest BCUT2D eigenvalue weighted by atomic mass is 35.5. The summed E-state index contributed by atoms with van der Waals surface area (Å²) in [5.74, 6) is 0.404. The molecule has 26 heavy (non-hydrogen) atoms. The average Bonchev–Trinajstić information content (AvgIpc) is 3.06. The Morgan fingerprint density at radius 3 is 2.58 bits per heavy atom. The molecule has 2 atom stereocenters. The van der Waals surface area contributed by atoms with Crippen molar-refractivity contribution in [1.82, 2.24) is 14.9 Å². The first-order chi connectivity index (χ1) is 11.9. The van der Waals surface area contributed by atoms with Crippen molar-refractivity contribution in [2.75, 3.05) is 19.6 Å². The number of nitrogens with zero attached hydrogens (tertiary/aromatic N) is 1. The lowest BCUT2D eigenvalue weighted by molar-refractivity contribution is 0.0930. The quantitative estimate of drug-likeness (QED) is 0.782.